The highest BCUT2D eigenvalue weighted by molar-refractivity contribution is 9.10. The van der Waals surface area contributed by atoms with Gasteiger partial charge in [0, 0.05) is 12.0 Å². The minimum Gasteiger partial charge on any atom is -0.494 e. The van der Waals surface area contributed by atoms with Gasteiger partial charge in [0.15, 0.2) is 5.84 Å². The van der Waals surface area contributed by atoms with Gasteiger partial charge in [-0.05, 0) is 64.7 Å². The van der Waals surface area contributed by atoms with Crippen molar-refractivity contribution in [3.8, 4) is 28.1 Å². The Morgan fingerprint density at radius 3 is 2.29 bits per heavy atom. The van der Waals surface area contributed by atoms with Crippen LogP contribution in [0.3, 0.4) is 0 Å². The van der Waals surface area contributed by atoms with Crippen molar-refractivity contribution in [1.82, 2.24) is 10.4 Å². The van der Waals surface area contributed by atoms with Crippen molar-refractivity contribution >= 4 is 21.8 Å². The first kappa shape index (κ1) is 25.3. The lowest BCUT2D eigenvalue weighted by molar-refractivity contribution is -0.136. The van der Waals surface area contributed by atoms with Crippen molar-refractivity contribution in [2.24, 2.45) is 16.8 Å². The minimum absolute atomic E-state index is 0.00618. The second-order valence-electron chi connectivity index (χ2n) is 7.47. The molecule has 1 heterocycles. The van der Waals surface area contributed by atoms with Gasteiger partial charge in [-0.3, -0.25) is 4.79 Å². The molecule has 0 bridgehead atoms. The molecule has 34 heavy (non-hydrogen) atoms. The van der Waals surface area contributed by atoms with Gasteiger partial charge in [-0.15, -0.1) is 0 Å². The SMILES string of the molecule is Cc1ccc(-c2c(Br)c(-c3ccc(OCCCC(F)(F)F)cc3)[nH]c(=O)c2/C(=N/N)NN)cc1. The van der Waals surface area contributed by atoms with Crippen LogP contribution in [0.2, 0.25) is 0 Å². The molecule has 3 aromatic rings. The van der Waals surface area contributed by atoms with E-state index < -0.39 is 18.2 Å². The van der Waals surface area contributed by atoms with E-state index in [0.29, 0.717) is 27.0 Å². The molecule has 0 spiro atoms. The van der Waals surface area contributed by atoms with Crippen LogP contribution in [0.1, 0.15) is 24.0 Å². The van der Waals surface area contributed by atoms with Crippen LogP contribution in [0.25, 0.3) is 22.4 Å². The maximum absolute atomic E-state index is 13.1. The number of hydrogen-bond acceptors (Lipinski definition) is 5. The average molecular weight is 538 g/mol. The van der Waals surface area contributed by atoms with Crippen LogP contribution >= 0.6 is 15.9 Å². The molecule has 1 aromatic heterocycles. The van der Waals surface area contributed by atoms with Gasteiger partial charge in [0.1, 0.15) is 5.75 Å². The number of hydrogen-bond donors (Lipinski definition) is 4. The molecule has 6 N–H and O–H groups in total. The number of nitrogens with two attached hydrogens (primary N) is 2. The van der Waals surface area contributed by atoms with Gasteiger partial charge < -0.3 is 21.0 Å². The zero-order valence-corrected chi connectivity index (χ0v) is 19.8. The number of benzene rings is 2. The molecule has 0 saturated heterocycles. The number of alkyl halides is 3. The van der Waals surface area contributed by atoms with Crippen molar-refractivity contribution in [1.29, 1.82) is 0 Å². The van der Waals surface area contributed by atoms with E-state index in [4.69, 9.17) is 16.4 Å². The monoisotopic (exact) mass is 537 g/mol. The summed E-state index contributed by atoms with van der Waals surface area (Å²) in [7, 11) is 0. The molecular weight excluding hydrogens is 515 g/mol. The van der Waals surface area contributed by atoms with E-state index in [9.17, 15) is 18.0 Å². The normalized spacial score (nSPS) is 12.0. The Bertz CT molecular complexity index is 1220. The first-order valence-electron chi connectivity index (χ1n) is 10.2. The van der Waals surface area contributed by atoms with Gasteiger partial charge in [-0.1, -0.05) is 29.8 Å². The standard InChI is InChI=1S/C23H23BrF3N5O2/c1-13-3-5-14(6-4-13)17-18(21(31-28)32-29)22(33)30-20(19(17)24)15-7-9-16(10-8-15)34-12-2-11-23(25,26)27/h3-10H,2,11-12,28-29H2,1H3,(H,30,33)(H,31,32). The predicted octanol–water partition coefficient (Wildman–Crippen LogP) is 4.58. The van der Waals surface area contributed by atoms with E-state index in [1.807, 2.05) is 31.2 Å². The van der Waals surface area contributed by atoms with Crippen molar-refractivity contribution < 1.29 is 17.9 Å². The van der Waals surface area contributed by atoms with Gasteiger partial charge in [0.2, 0.25) is 0 Å². The third-order valence-corrected chi connectivity index (χ3v) is 5.81. The zero-order valence-electron chi connectivity index (χ0n) is 18.2. The first-order chi connectivity index (χ1) is 16.1. The number of H-pyrrole nitrogens is 1. The van der Waals surface area contributed by atoms with E-state index in [1.54, 1.807) is 24.3 Å². The molecule has 180 valence electrons. The Hall–Kier alpha value is -3.31. The highest BCUT2D eigenvalue weighted by Gasteiger charge is 2.26. The number of halogens is 4. The Kier molecular flexibility index (Phi) is 8.00. The van der Waals surface area contributed by atoms with Crippen molar-refractivity contribution in [2.45, 2.75) is 25.9 Å². The van der Waals surface area contributed by atoms with Crippen molar-refractivity contribution in [3.63, 3.8) is 0 Å². The van der Waals surface area contributed by atoms with Crippen LogP contribution in [0.15, 0.2) is 62.9 Å². The average Bonchev–Trinajstić information content (AvgIpc) is 2.80. The van der Waals surface area contributed by atoms with E-state index in [0.717, 1.165) is 11.1 Å². The summed E-state index contributed by atoms with van der Waals surface area (Å²) in [5, 5.41) is 3.60. The number of nitrogens with one attached hydrogen (secondary N) is 2. The van der Waals surface area contributed by atoms with Crippen LogP contribution in [0.5, 0.6) is 5.75 Å². The number of aromatic amines is 1. The van der Waals surface area contributed by atoms with Crippen molar-refractivity contribution in [2.75, 3.05) is 6.61 Å². The fraction of sp³-hybridized carbons (Fsp3) is 0.217. The fourth-order valence-electron chi connectivity index (χ4n) is 3.35. The third-order valence-electron chi connectivity index (χ3n) is 5.01. The molecule has 0 aliphatic carbocycles. The summed E-state index contributed by atoms with van der Waals surface area (Å²) in [6, 6.07) is 14.2. The van der Waals surface area contributed by atoms with E-state index >= 15 is 0 Å². The van der Waals surface area contributed by atoms with Crippen LogP contribution in [-0.2, 0) is 0 Å². The number of hydrazine groups is 1. The van der Waals surface area contributed by atoms with E-state index in [-0.39, 0.29) is 24.4 Å². The molecule has 3 rings (SSSR count). The number of rotatable bonds is 7. The van der Waals surface area contributed by atoms with Gasteiger partial charge in [0.25, 0.3) is 5.56 Å². The van der Waals surface area contributed by atoms with Crippen molar-refractivity contribution in [3.05, 3.63) is 74.5 Å². The number of hydrazone groups is 1. The molecule has 0 saturated carbocycles. The summed E-state index contributed by atoms with van der Waals surface area (Å²) >= 11 is 3.60. The maximum atomic E-state index is 13.1. The molecule has 0 unspecified atom stereocenters. The Balaban J connectivity index is 2.00. The second-order valence-corrected chi connectivity index (χ2v) is 8.27. The predicted molar refractivity (Wildman–Crippen MR) is 129 cm³/mol. The Labute approximate surface area is 202 Å². The molecule has 0 radical (unpaired) electrons. The number of ether oxygens (including phenoxy) is 1. The molecule has 2 aromatic carbocycles. The van der Waals surface area contributed by atoms with Crippen LogP contribution < -0.4 is 27.4 Å². The lowest BCUT2D eigenvalue weighted by atomic mass is 9.97. The maximum Gasteiger partial charge on any atom is 0.389 e. The molecule has 0 fully saturated rings. The van der Waals surface area contributed by atoms with Gasteiger partial charge in [0.05, 0.1) is 22.3 Å². The molecule has 11 heteroatoms. The number of aromatic nitrogens is 1. The van der Waals surface area contributed by atoms with Crippen LogP contribution in [-0.4, -0.2) is 23.6 Å². The van der Waals surface area contributed by atoms with E-state index in [1.165, 1.54) is 0 Å². The topological polar surface area (TPSA) is 119 Å². The largest absolute Gasteiger partial charge is 0.494 e. The molecule has 7 nitrogen and oxygen atoms in total. The lowest BCUT2D eigenvalue weighted by Gasteiger charge is -2.16. The van der Waals surface area contributed by atoms with E-state index in [2.05, 4.69) is 31.4 Å². The minimum atomic E-state index is -4.21. The number of amidine groups is 1. The highest BCUT2D eigenvalue weighted by Crippen LogP contribution is 2.37. The number of pyridine rings is 1. The zero-order chi connectivity index (χ0) is 24.9. The smallest absolute Gasteiger partial charge is 0.389 e. The molecule has 0 aliphatic heterocycles. The molecule has 0 atom stereocenters. The summed E-state index contributed by atoms with van der Waals surface area (Å²) in [6.07, 6.45) is -5.24. The van der Waals surface area contributed by atoms with Gasteiger partial charge >= 0.3 is 6.18 Å². The summed E-state index contributed by atoms with van der Waals surface area (Å²) in [5.74, 6) is 11.4. The summed E-state index contributed by atoms with van der Waals surface area (Å²) in [6.45, 7) is 1.89. The molecule has 0 amide bonds. The second kappa shape index (κ2) is 10.7. The summed E-state index contributed by atoms with van der Waals surface area (Å²) in [4.78, 5) is 15.9. The lowest BCUT2D eigenvalue weighted by Crippen LogP contribution is -2.37. The number of nitrogens with zero attached hydrogens (tertiary/aromatic N) is 1. The quantitative estimate of drug-likeness (QED) is 0.115. The van der Waals surface area contributed by atoms with Gasteiger partial charge in [-0.25, -0.2) is 5.84 Å². The third kappa shape index (κ3) is 5.97. The Morgan fingerprint density at radius 2 is 1.74 bits per heavy atom. The fourth-order valence-corrected chi connectivity index (χ4v) is 4.10. The van der Waals surface area contributed by atoms with Gasteiger partial charge in [-0.2, -0.15) is 18.3 Å². The van der Waals surface area contributed by atoms with Crippen LogP contribution in [0, 0.1) is 6.92 Å². The molecule has 0 aliphatic rings. The molecular formula is C23H23BrF3N5O2. The van der Waals surface area contributed by atoms with Crippen LogP contribution in [0.4, 0.5) is 13.2 Å². The Morgan fingerprint density at radius 1 is 1.12 bits per heavy atom. The summed E-state index contributed by atoms with van der Waals surface area (Å²) in [5.41, 5.74) is 5.50. The first-order valence-corrected chi connectivity index (χ1v) is 11.0. The number of aryl methyl sites for hydroxylation is 1. The highest BCUT2D eigenvalue weighted by atomic mass is 79.9. The summed E-state index contributed by atoms with van der Waals surface area (Å²) < 4.78 is 42.8.